The number of nitrogens with one attached hydrogen (secondary N) is 1. The number of urea groups is 1. The molecule has 0 bridgehead atoms. The summed E-state index contributed by atoms with van der Waals surface area (Å²) < 4.78 is 23.6. The van der Waals surface area contributed by atoms with Crippen LogP contribution in [0, 0.1) is 5.41 Å². The molecule has 2 amide bonds. The number of rotatable bonds is 9. The Morgan fingerprint density at radius 1 is 1.25 bits per heavy atom. The number of carbonyl (C=O) groups excluding carboxylic acids is 1. The second-order valence-electron chi connectivity index (χ2n) is 9.79. The van der Waals surface area contributed by atoms with Crippen LogP contribution in [0.15, 0.2) is 30.0 Å². The van der Waals surface area contributed by atoms with Crippen LogP contribution in [0.2, 0.25) is 5.02 Å². The molecule has 1 heterocycles. The first kappa shape index (κ1) is 26.2. The van der Waals surface area contributed by atoms with Gasteiger partial charge < -0.3 is 15.3 Å². The van der Waals surface area contributed by atoms with Crippen molar-refractivity contribution in [2.75, 3.05) is 18.6 Å². The quantitative estimate of drug-likeness (QED) is 0.542. The Morgan fingerprint density at radius 3 is 2.44 bits per heavy atom. The predicted octanol–water partition coefficient (Wildman–Crippen LogP) is 4.35. The Kier molecular flexibility index (Phi) is 8.05. The lowest BCUT2D eigenvalue weighted by atomic mass is 9.81. The lowest BCUT2D eigenvalue weighted by Crippen LogP contribution is -2.54. The molecule has 1 aromatic carbocycles. The summed E-state index contributed by atoms with van der Waals surface area (Å²) in [5.74, 6) is -1.11. The maximum Gasteiger partial charge on any atom is 0.322 e. The van der Waals surface area contributed by atoms with Crippen LogP contribution >= 0.6 is 11.6 Å². The van der Waals surface area contributed by atoms with Crippen molar-refractivity contribution in [3.05, 3.63) is 46.1 Å². The largest absolute Gasteiger partial charge is 0.481 e. The first-order valence-electron chi connectivity index (χ1n) is 10.6. The number of carbonyl (C=O) groups is 2. The van der Waals surface area contributed by atoms with Gasteiger partial charge in [0.2, 0.25) is 0 Å². The number of aliphatic carboxylic acids is 1. The smallest absolute Gasteiger partial charge is 0.322 e. The van der Waals surface area contributed by atoms with E-state index in [0.29, 0.717) is 10.6 Å². The molecule has 1 aliphatic rings. The summed E-state index contributed by atoms with van der Waals surface area (Å²) >= 11 is 6.58. The number of hydrogen-bond donors (Lipinski definition) is 2. The van der Waals surface area contributed by atoms with E-state index in [1.165, 1.54) is 4.90 Å². The fourth-order valence-electron chi connectivity index (χ4n) is 3.56. The molecule has 2 N–H and O–H groups in total. The summed E-state index contributed by atoms with van der Waals surface area (Å²) in [4.78, 5) is 25.0. The van der Waals surface area contributed by atoms with Crippen molar-refractivity contribution >= 4 is 33.4 Å². The van der Waals surface area contributed by atoms with Gasteiger partial charge >= 0.3 is 12.0 Å². The highest BCUT2D eigenvalue weighted by atomic mass is 35.5. The summed E-state index contributed by atoms with van der Waals surface area (Å²) in [5.41, 5.74) is 1.64. The van der Waals surface area contributed by atoms with Crippen molar-refractivity contribution in [3.8, 4) is 0 Å². The molecule has 2 rings (SSSR count). The number of carboxylic acids is 1. The van der Waals surface area contributed by atoms with Crippen LogP contribution in [0.25, 0.3) is 0 Å². The fraction of sp³-hybridized carbons (Fsp3) is 0.565. The molecule has 0 saturated carbocycles. The van der Waals surface area contributed by atoms with E-state index in [1.807, 2.05) is 25.1 Å². The molecule has 32 heavy (non-hydrogen) atoms. The van der Waals surface area contributed by atoms with Crippen LogP contribution in [-0.4, -0.2) is 49.0 Å². The van der Waals surface area contributed by atoms with Gasteiger partial charge in [-0.25, -0.2) is 13.2 Å². The predicted molar refractivity (Wildman–Crippen MR) is 126 cm³/mol. The molecule has 7 nitrogen and oxygen atoms in total. The number of benzene rings is 1. The maximum atomic E-state index is 12.7. The van der Waals surface area contributed by atoms with Gasteiger partial charge in [-0.05, 0) is 54.4 Å². The second-order valence-corrected chi connectivity index (χ2v) is 12.5. The van der Waals surface area contributed by atoms with Gasteiger partial charge in [-0.3, -0.25) is 4.79 Å². The molecule has 1 atom stereocenters. The van der Waals surface area contributed by atoms with Crippen LogP contribution in [0.5, 0.6) is 0 Å². The molecule has 0 aliphatic carbocycles. The minimum Gasteiger partial charge on any atom is -0.481 e. The number of sulfone groups is 1. The van der Waals surface area contributed by atoms with E-state index in [2.05, 4.69) is 26.1 Å². The number of nitrogens with zero attached hydrogens (tertiary/aromatic N) is 1. The molecular weight excluding hydrogens is 452 g/mol. The van der Waals surface area contributed by atoms with Crippen LogP contribution in [0.1, 0.15) is 58.1 Å². The third-order valence-electron chi connectivity index (χ3n) is 5.66. The molecule has 9 heteroatoms. The number of amides is 2. The third kappa shape index (κ3) is 7.24. The minimum absolute atomic E-state index is 0.00782. The van der Waals surface area contributed by atoms with Gasteiger partial charge in [-0.1, -0.05) is 44.5 Å². The normalized spacial score (nSPS) is 19.5. The van der Waals surface area contributed by atoms with Gasteiger partial charge in [0.1, 0.15) is 9.84 Å². The molecule has 1 aliphatic heterocycles. The topological polar surface area (TPSA) is 104 Å². The van der Waals surface area contributed by atoms with Crippen molar-refractivity contribution in [3.63, 3.8) is 0 Å². The lowest BCUT2D eigenvalue weighted by Gasteiger charge is -2.41. The summed E-state index contributed by atoms with van der Waals surface area (Å²) in [5, 5.41) is 12.5. The van der Waals surface area contributed by atoms with Crippen LogP contribution < -0.4 is 5.32 Å². The molecular formula is C23H33ClN2O5S. The van der Waals surface area contributed by atoms with Crippen molar-refractivity contribution < 1.29 is 23.1 Å². The van der Waals surface area contributed by atoms with E-state index >= 15 is 0 Å². The molecule has 1 aromatic rings. The van der Waals surface area contributed by atoms with E-state index in [9.17, 15) is 18.0 Å². The molecule has 178 valence electrons. The summed E-state index contributed by atoms with van der Waals surface area (Å²) in [7, 11) is -3.24. The highest BCUT2D eigenvalue weighted by molar-refractivity contribution is 7.90. The fourth-order valence-corrected chi connectivity index (χ4v) is 4.43. The maximum absolute atomic E-state index is 12.7. The van der Waals surface area contributed by atoms with Crippen molar-refractivity contribution in [1.82, 2.24) is 10.2 Å². The average Bonchev–Trinajstić information content (AvgIpc) is 2.63. The number of hydrogen-bond acceptors (Lipinski definition) is 4. The number of halogens is 1. The van der Waals surface area contributed by atoms with Gasteiger partial charge in [0.05, 0.1) is 17.7 Å². The summed E-state index contributed by atoms with van der Waals surface area (Å²) in [6.45, 7) is 8.31. The Bertz CT molecular complexity index is 1010. The summed E-state index contributed by atoms with van der Waals surface area (Å²) in [6, 6.07) is 5.24. The van der Waals surface area contributed by atoms with Gasteiger partial charge in [-0.2, -0.15) is 0 Å². The Hall–Kier alpha value is -2.06. The van der Waals surface area contributed by atoms with Crippen LogP contribution in [-0.2, 0) is 26.6 Å². The monoisotopic (exact) mass is 484 g/mol. The second kappa shape index (κ2) is 9.83. The molecule has 0 fully saturated rings. The van der Waals surface area contributed by atoms with Crippen molar-refractivity contribution in [2.45, 2.75) is 58.9 Å². The van der Waals surface area contributed by atoms with Crippen LogP contribution in [0.4, 0.5) is 4.79 Å². The molecule has 0 saturated heterocycles. The van der Waals surface area contributed by atoms with Gasteiger partial charge in [0.15, 0.2) is 0 Å². The zero-order valence-electron chi connectivity index (χ0n) is 19.4. The molecule has 0 aromatic heterocycles. The van der Waals surface area contributed by atoms with Crippen molar-refractivity contribution in [1.29, 1.82) is 0 Å². The average molecular weight is 485 g/mol. The van der Waals surface area contributed by atoms with E-state index in [4.69, 9.17) is 16.7 Å². The molecule has 0 radical (unpaired) electrons. The van der Waals surface area contributed by atoms with Gasteiger partial charge in [0, 0.05) is 24.0 Å². The van der Waals surface area contributed by atoms with E-state index < -0.39 is 27.4 Å². The summed E-state index contributed by atoms with van der Waals surface area (Å²) in [6.07, 6.45) is 4.52. The third-order valence-corrected chi connectivity index (χ3v) is 6.95. The van der Waals surface area contributed by atoms with E-state index in [1.54, 1.807) is 6.20 Å². The first-order chi connectivity index (χ1) is 14.6. The van der Waals surface area contributed by atoms with E-state index in [0.717, 1.165) is 30.2 Å². The number of aryl methyl sites for hydroxylation is 1. The molecule has 0 spiro atoms. The standard InChI is InChI=1S/C23H33ClN2O5S/c1-22(2,3)11-8-16-6-7-17(14-19(16)24)23(4)18(10-13-32(5,30)31)15-26(21(29)25-23)12-9-20(27)28/h6-7,14-15H,8-13H2,1-5H3,(H,25,29)(H,27,28)/t23-/m0/s1. The van der Waals surface area contributed by atoms with E-state index in [-0.39, 0.29) is 30.6 Å². The highest BCUT2D eigenvalue weighted by Crippen LogP contribution is 2.37. The zero-order chi connectivity index (χ0) is 24.3. The van der Waals surface area contributed by atoms with Gasteiger partial charge in [0.25, 0.3) is 0 Å². The molecule has 0 unspecified atom stereocenters. The SMILES string of the molecule is CC(C)(C)CCc1ccc([C@]2(C)NC(=O)N(CCC(=O)O)C=C2CCS(C)(=O)=O)cc1Cl. The Balaban J connectivity index is 2.41. The Labute approximate surface area is 195 Å². The van der Waals surface area contributed by atoms with Crippen molar-refractivity contribution in [2.24, 2.45) is 5.41 Å². The highest BCUT2D eigenvalue weighted by Gasteiger charge is 2.38. The lowest BCUT2D eigenvalue weighted by molar-refractivity contribution is -0.137. The first-order valence-corrected chi connectivity index (χ1v) is 13.0. The minimum atomic E-state index is -3.24. The van der Waals surface area contributed by atoms with Gasteiger partial charge in [-0.15, -0.1) is 0 Å². The zero-order valence-corrected chi connectivity index (χ0v) is 20.9. The number of carboxylic acid groups (broad SMARTS) is 1. The van der Waals surface area contributed by atoms with Crippen LogP contribution in [0.3, 0.4) is 0 Å². The Morgan fingerprint density at radius 2 is 1.91 bits per heavy atom.